The fraction of sp³-hybridized carbons (Fsp3) is 0.579. The Balaban J connectivity index is 2.53. The van der Waals surface area contributed by atoms with Crippen LogP contribution in [-0.4, -0.2) is 51.0 Å². The Morgan fingerprint density at radius 2 is 1.96 bits per heavy atom. The Morgan fingerprint density at radius 1 is 1.27 bits per heavy atom. The number of carbonyl (C=O) groups is 2. The van der Waals surface area contributed by atoms with Crippen molar-refractivity contribution in [1.29, 1.82) is 0 Å². The molecule has 1 aromatic rings. The van der Waals surface area contributed by atoms with Crippen molar-refractivity contribution in [3.8, 4) is 0 Å². The van der Waals surface area contributed by atoms with E-state index in [1.165, 1.54) is 7.11 Å². The summed E-state index contributed by atoms with van der Waals surface area (Å²) in [6, 6.07) is 7.64. The molecule has 0 saturated carbocycles. The minimum absolute atomic E-state index is 0.125. The number of hydrogen-bond acceptors (Lipinski definition) is 5. The van der Waals surface area contributed by atoms with Gasteiger partial charge in [-0.3, -0.25) is 4.79 Å². The lowest BCUT2D eigenvalue weighted by Crippen LogP contribution is -2.38. The summed E-state index contributed by atoms with van der Waals surface area (Å²) in [6.45, 7) is 8.50. The first kappa shape index (κ1) is 21.8. The number of methoxy groups -OCH3 is 1. The van der Waals surface area contributed by atoms with E-state index in [1.807, 2.05) is 31.3 Å². The highest BCUT2D eigenvalue weighted by atomic mass is 16.6. The standard InChI is InChI=1S/C19H31N3O4/c1-7-22(5)15-10-8-9-14(11-15)21-17(23)12-16(25-6)13-20-18(24)26-19(2,3)4/h8-11,16H,7,12-13H2,1-6H3,(H,20,24)(H,21,23)/t16-/m0/s1. The first-order valence-electron chi connectivity index (χ1n) is 8.75. The minimum Gasteiger partial charge on any atom is -0.444 e. The predicted molar refractivity (Wildman–Crippen MR) is 104 cm³/mol. The zero-order valence-corrected chi connectivity index (χ0v) is 16.6. The normalized spacial score (nSPS) is 12.2. The SMILES string of the molecule is CCN(C)c1cccc(NC(=O)C[C@@H](CNC(=O)OC(C)(C)C)OC)c1. The van der Waals surface area contributed by atoms with Crippen LogP contribution in [0, 0.1) is 0 Å². The smallest absolute Gasteiger partial charge is 0.407 e. The van der Waals surface area contributed by atoms with E-state index in [1.54, 1.807) is 20.8 Å². The number of amides is 2. The third-order valence-corrected chi connectivity index (χ3v) is 3.66. The largest absolute Gasteiger partial charge is 0.444 e. The van der Waals surface area contributed by atoms with Crippen LogP contribution in [0.1, 0.15) is 34.1 Å². The van der Waals surface area contributed by atoms with E-state index < -0.39 is 17.8 Å². The summed E-state index contributed by atoms with van der Waals surface area (Å²) in [5, 5.41) is 5.48. The van der Waals surface area contributed by atoms with Crippen molar-refractivity contribution in [2.24, 2.45) is 0 Å². The highest BCUT2D eigenvalue weighted by Gasteiger charge is 2.19. The van der Waals surface area contributed by atoms with Gasteiger partial charge in [0.25, 0.3) is 0 Å². The summed E-state index contributed by atoms with van der Waals surface area (Å²) >= 11 is 0. The van der Waals surface area contributed by atoms with Crippen LogP contribution in [0.2, 0.25) is 0 Å². The minimum atomic E-state index is -0.569. The van der Waals surface area contributed by atoms with Crippen LogP contribution >= 0.6 is 0 Å². The van der Waals surface area contributed by atoms with Crippen molar-refractivity contribution in [2.75, 3.05) is 37.5 Å². The third-order valence-electron chi connectivity index (χ3n) is 3.66. The van der Waals surface area contributed by atoms with E-state index in [9.17, 15) is 9.59 Å². The zero-order valence-electron chi connectivity index (χ0n) is 16.6. The number of nitrogens with zero attached hydrogens (tertiary/aromatic N) is 1. The van der Waals surface area contributed by atoms with Gasteiger partial charge >= 0.3 is 6.09 Å². The molecule has 0 aromatic heterocycles. The predicted octanol–water partition coefficient (Wildman–Crippen LogP) is 3.01. The average Bonchev–Trinajstić information content (AvgIpc) is 2.56. The van der Waals surface area contributed by atoms with Crippen LogP contribution in [0.25, 0.3) is 0 Å². The Labute approximate surface area is 156 Å². The Bertz CT molecular complexity index is 599. The molecule has 26 heavy (non-hydrogen) atoms. The van der Waals surface area contributed by atoms with E-state index in [4.69, 9.17) is 9.47 Å². The summed E-state index contributed by atoms with van der Waals surface area (Å²) in [5.41, 5.74) is 1.18. The van der Waals surface area contributed by atoms with Crippen molar-refractivity contribution in [3.05, 3.63) is 24.3 Å². The van der Waals surface area contributed by atoms with Crippen molar-refractivity contribution in [3.63, 3.8) is 0 Å². The van der Waals surface area contributed by atoms with Gasteiger partial charge in [-0.05, 0) is 45.9 Å². The molecule has 7 nitrogen and oxygen atoms in total. The molecule has 7 heteroatoms. The van der Waals surface area contributed by atoms with Crippen LogP contribution in [0.5, 0.6) is 0 Å². The maximum absolute atomic E-state index is 12.3. The molecule has 1 atom stereocenters. The Kier molecular flexibility index (Phi) is 8.38. The van der Waals surface area contributed by atoms with Gasteiger partial charge < -0.3 is 25.0 Å². The molecule has 0 bridgehead atoms. The molecule has 2 N–H and O–H groups in total. The highest BCUT2D eigenvalue weighted by molar-refractivity contribution is 5.91. The molecule has 1 rings (SSSR count). The van der Waals surface area contributed by atoms with Crippen molar-refractivity contribution >= 4 is 23.4 Å². The molecular formula is C19H31N3O4. The molecule has 0 radical (unpaired) electrons. The fourth-order valence-corrected chi connectivity index (χ4v) is 2.17. The third kappa shape index (κ3) is 8.20. The summed E-state index contributed by atoms with van der Waals surface area (Å²) in [5.74, 6) is -0.181. The van der Waals surface area contributed by atoms with Gasteiger partial charge in [-0.15, -0.1) is 0 Å². The maximum Gasteiger partial charge on any atom is 0.407 e. The summed E-state index contributed by atoms with van der Waals surface area (Å²) in [6.07, 6.45) is -0.848. The topological polar surface area (TPSA) is 79.9 Å². The number of carbonyl (C=O) groups excluding carboxylic acids is 2. The van der Waals surface area contributed by atoms with Crippen LogP contribution in [0.15, 0.2) is 24.3 Å². The highest BCUT2D eigenvalue weighted by Crippen LogP contribution is 2.18. The number of benzene rings is 1. The number of anilines is 2. The molecular weight excluding hydrogens is 334 g/mol. The van der Waals surface area contributed by atoms with Crippen molar-refractivity contribution in [2.45, 2.75) is 45.8 Å². The lowest BCUT2D eigenvalue weighted by Gasteiger charge is -2.21. The second kappa shape index (κ2) is 10.0. The quantitative estimate of drug-likeness (QED) is 0.740. The van der Waals surface area contributed by atoms with Gasteiger partial charge in [0, 0.05) is 38.6 Å². The van der Waals surface area contributed by atoms with E-state index in [0.717, 1.165) is 17.9 Å². The first-order chi connectivity index (χ1) is 12.1. The van der Waals surface area contributed by atoms with Gasteiger partial charge in [-0.1, -0.05) is 6.07 Å². The molecule has 2 amide bonds. The monoisotopic (exact) mass is 365 g/mol. The van der Waals surface area contributed by atoms with E-state index in [-0.39, 0.29) is 18.9 Å². The zero-order chi connectivity index (χ0) is 19.7. The summed E-state index contributed by atoms with van der Waals surface area (Å²) < 4.78 is 10.4. The molecule has 1 aromatic carbocycles. The van der Waals surface area contributed by atoms with E-state index in [2.05, 4.69) is 22.5 Å². The number of rotatable bonds is 8. The molecule has 0 unspecified atom stereocenters. The average molecular weight is 365 g/mol. The molecule has 0 heterocycles. The molecule has 0 spiro atoms. The lowest BCUT2D eigenvalue weighted by atomic mass is 10.2. The first-order valence-corrected chi connectivity index (χ1v) is 8.75. The fourth-order valence-electron chi connectivity index (χ4n) is 2.17. The number of ether oxygens (including phenoxy) is 2. The molecule has 0 saturated heterocycles. The molecule has 0 aliphatic rings. The van der Waals surface area contributed by atoms with Gasteiger partial charge in [-0.2, -0.15) is 0 Å². The molecule has 146 valence electrons. The lowest BCUT2D eigenvalue weighted by molar-refractivity contribution is -0.118. The number of nitrogens with one attached hydrogen (secondary N) is 2. The maximum atomic E-state index is 12.3. The van der Waals surface area contributed by atoms with Crippen molar-refractivity contribution < 1.29 is 19.1 Å². The molecule has 0 fully saturated rings. The van der Waals surface area contributed by atoms with Crippen LogP contribution in [0.4, 0.5) is 16.2 Å². The molecule has 0 aliphatic carbocycles. The second-order valence-corrected chi connectivity index (χ2v) is 7.06. The second-order valence-electron chi connectivity index (χ2n) is 7.06. The van der Waals surface area contributed by atoms with Crippen LogP contribution in [0.3, 0.4) is 0 Å². The van der Waals surface area contributed by atoms with Crippen molar-refractivity contribution in [1.82, 2.24) is 5.32 Å². The number of alkyl carbamates (subject to hydrolysis) is 1. The number of hydrogen-bond donors (Lipinski definition) is 2. The van der Waals surface area contributed by atoms with Gasteiger partial charge in [0.15, 0.2) is 0 Å². The Hall–Kier alpha value is -2.28. The van der Waals surface area contributed by atoms with Gasteiger partial charge in [-0.25, -0.2) is 4.79 Å². The Morgan fingerprint density at radius 3 is 2.54 bits per heavy atom. The summed E-state index contributed by atoms with van der Waals surface area (Å²) in [4.78, 5) is 26.0. The van der Waals surface area contributed by atoms with E-state index >= 15 is 0 Å². The van der Waals surface area contributed by atoms with Crippen LogP contribution < -0.4 is 15.5 Å². The summed E-state index contributed by atoms with van der Waals surface area (Å²) in [7, 11) is 3.50. The van der Waals surface area contributed by atoms with Crippen LogP contribution in [-0.2, 0) is 14.3 Å². The molecule has 0 aliphatic heterocycles. The van der Waals surface area contributed by atoms with Gasteiger partial charge in [0.05, 0.1) is 12.5 Å². The van der Waals surface area contributed by atoms with E-state index in [0.29, 0.717) is 0 Å². The van der Waals surface area contributed by atoms with Gasteiger partial charge in [0.2, 0.25) is 5.91 Å². The van der Waals surface area contributed by atoms with Gasteiger partial charge in [0.1, 0.15) is 5.60 Å².